The van der Waals surface area contributed by atoms with Crippen molar-refractivity contribution < 1.29 is 24.1 Å². The predicted octanol–water partition coefficient (Wildman–Crippen LogP) is 0.412. The molecule has 2 aliphatic heterocycles. The van der Waals surface area contributed by atoms with Gasteiger partial charge in [0, 0.05) is 12.8 Å². The zero-order valence-corrected chi connectivity index (χ0v) is 18.8. The van der Waals surface area contributed by atoms with Crippen LogP contribution in [0.1, 0.15) is 29.3 Å². The predicted molar refractivity (Wildman–Crippen MR) is 118 cm³/mol. The molecular formula is C23H33N3O3S+2. The first-order chi connectivity index (χ1) is 14.7. The Morgan fingerprint density at radius 2 is 2.00 bits per heavy atom. The van der Waals surface area contributed by atoms with Crippen LogP contribution in [0, 0.1) is 0 Å². The third-order valence-corrected chi connectivity index (χ3v) is 7.38. The first-order valence-electron chi connectivity index (χ1n) is 10.9. The van der Waals surface area contributed by atoms with E-state index in [1.54, 1.807) is 19.1 Å². The lowest BCUT2D eigenvalue weighted by molar-refractivity contribution is -0.918. The van der Waals surface area contributed by atoms with E-state index in [1.807, 2.05) is 23.5 Å². The third kappa shape index (κ3) is 4.79. The van der Waals surface area contributed by atoms with E-state index in [4.69, 9.17) is 9.47 Å². The summed E-state index contributed by atoms with van der Waals surface area (Å²) in [6.45, 7) is 6.46. The molecular weight excluding hydrogens is 398 g/mol. The molecule has 2 N–H and O–H groups in total. The Balaban J connectivity index is 1.35. The number of carbonyl (C=O) groups excluding carboxylic acids is 1. The number of amides is 1. The fourth-order valence-corrected chi connectivity index (χ4v) is 5.60. The minimum atomic E-state index is 0.282. The van der Waals surface area contributed by atoms with Gasteiger partial charge in [0.05, 0.1) is 57.4 Å². The van der Waals surface area contributed by atoms with Crippen LogP contribution in [0.15, 0.2) is 35.7 Å². The summed E-state index contributed by atoms with van der Waals surface area (Å²) in [4.78, 5) is 19.5. The number of nitrogens with one attached hydrogen (secondary N) is 2. The fourth-order valence-electron chi connectivity index (χ4n) is 4.83. The molecule has 0 radical (unpaired) electrons. The fraction of sp³-hybridized carbons (Fsp3) is 0.522. The van der Waals surface area contributed by atoms with E-state index < -0.39 is 0 Å². The Bertz CT molecular complexity index is 834. The molecule has 3 heterocycles. The number of rotatable bonds is 7. The van der Waals surface area contributed by atoms with E-state index in [1.165, 1.54) is 9.78 Å². The van der Waals surface area contributed by atoms with Gasteiger partial charge in [0.25, 0.3) is 5.91 Å². The van der Waals surface area contributed by atoms with Gasteiger partial charge < -0.3 is 24.2 Å². The third-order valence-electron chi connectivity index (χ3n) is 6.50. The minimum absolute atomic E-state index is 0.282. The molecule has 2 atom stereocenters. The van der Waals surface area contributed by atoms with Crippen LogP contribution in [0.2, 0.25) is 0 Å². The molecule has 6 nitrogen and oxygen atoms in total. The van der Waals surface area contributed by atoms with Crippen molar-refractivity contribution in [3.8, 4) is 11.5 Å². The van der Waals surface area contributed by atoms with Crippen LogP contribution < -0.4 is 19.3 Å². The zero-order valence-electron chi connectivity index (χ0n) is 18.0. The number of methoxy groups -OCH3 is 2. The summed E-state index contributed by atoms with van der Waals surface area (Å²) in [5.74, 6) is 2.01. The van der Waals surface area contributed by atoms with Crippen molar-refractivity contribution in [1.29, 1.82) is 0 Å². The highest BCUT2D eigenvalue weighted by Gasteiger charge is 2.35. The van der Waals surface area contributed by atoms with Gasteiger partial charge in [-0.3, -0.25) is 4.79 Å². The Labute approximate surface area is 183 Å². The van der Waals surface area contributed by atoms with Crippen LogP contribution >= 0.6 is 11.3 Å². The molecule has 2 fully saturated rings. The number of thiophene rings is 1. The highest BCUT2D eigenvalue weighted by atomic mass is 32.1. The van der Waals surface area contributed by atoms with Crippen molar-refractivity contribution in [2.75, 3.05) is 53.5 Å². The Morgan fingerprint density at radius 1 is 1.17 bits per heavy atom. The lowest BCUT2D eigenvalue weighted by Gasteiger charge is -2.33. The molecule has 0 spiro atoms. The molecule has 162 valence electrons. The van der Waals surface area contributed by atoms with E-state index in [0.717, 1.165) is 69.2 Å². The summed E-state index contributed by atoms with van der Waals surface area (Å²) in [5, 5.41) is 2.14. The van der Waals surface area contributed by atoms with Crippen LogP contribution in [0.5, 0.6) is 11.5 Å². The summed E-state index contributed by atoms with van der Waals surface area (Å²) in [7, 11) is 3.40. The largest absolute Gasteiger partial charge is 0.497 e. The van der Waals surface area contributed by atoms with Gasteiger partial charge in [-0.05, 0) is 29.6 Å². The number of carbonyl (C=O) groups is 1. The van der Waals surface area contributed by atoms with Gasteiger partial charge in [0.2, 0.25) is 0 Å². The second kappa shape index (κ2) is 9.81. The molecule has 1 unspecified atom stereocenters. The van der Waals surface area contributed by atoms with Crippen LogP contribution in [-0.2, 0) is 11.3 Å². The molecule has 4 rings (SSSR count). The minimum Gasteiger partial charge on any atom is -0.497 e. The smallest absolute Gasteiger partial charge is 0.278 e. The second-order valence-corrected chi connectivity index (χ2v) is 9.31. The molecule has 30 heavy (non-hydrogen) atoms. The molecule has 0 bridgehead atoms. The first-order valence-corrected chi connectivity index (χ1v) is 11.8. The summed E-state index contributed by atoms with van der Waals surface area (Å²) < 4.78 is 11.0. The van der Waals surface area contributed by atoms with Crippen molar-refractivity contribution in [3.05, 3.63) is 46.2 Å². The van der Waals surface area contributed by atoms with Crippen molar-refractivity contribution in [2.45, 2.75) is 25.4 Å². The molecule has 1 aromatic heterocycles. The molecule has 0 saturated carbocycles. The number of likely N-dealkylation sites (tertiary alicyclic amines) is 1. The highest BCUT2D eigenvalue weighted by Crippen LogP contribution is 2.31. The average Bonchev–Trinajstić information content (AvgIpc) is 3.46. The van der Waals surface area contributed by atoms with Crippen molar-refractivity contribution in [3.63, 3.8) is 0 Å². The monoisotopic (exact) mass is 431 g/mol. The number of quaternary nitrogens is 2. The van der Waals surface area contributed by atoms with Crippen LogP contribution in [-0.4, -0.2) is 64.3 Å². The average molecular weight is 432 g/mol. The molecule has 1 amide bonds. The van der Waals surface area contributed by atoms with Crippen molar-refractivity contribution in [2.24, 2.45) is 0 Å². The molecule has 2 aliphatic rings. The quantitative estimate of drug-likeness (QED) is 0.668. The molecule has 7 heteroatoms. The maximum atomic E-state index is 13.1. The normalized spacial score (nSPS) is 22.3. The first kappa shape index (κ1) is 21.2. The van der Waals surface area contributed by atoms with E-state index in [9.17, 15) is 4.79 Å². The van der Waals surface area contributed by atoms with Crippen molar-refractivity contribution >= 4 is 17.2 Å². The van der Waals surface area contributed by atoms with E-state index in [-0.39, 0.29) is 11.9 Å². The summed E-state index contributed by atoms with van der Waals surface area (Å²) in [5.41, 5.74) is 1.15. The topological polar surface area (TPSA) is 47.6 Å². The number of benzene rings is 1. The van der Waals surface area contributed by atoms with E-state index in [0.29, 0.717) is 6.54 Å². The number of ether oxygens (including phenoxy) is 2. The summed E-state index contributed by atoms with van der Waals surface area (Å²) in [6.07, 6.45) is 2.21. The molecule has 2 saturated heterocycles. The maximum absolute atomic E-state index is 13.1. The van der Waals surface area contributed by atoms with Crippen LogP contribution in [0.3, 0.4) is 0 Å². The Hall–Kier alpha value is -2.09. The molecule has 1 aromatic carbocycles. The Morgan fingerprint density at radius 3 is 2.70 bits per heavy atom. The lowest BCUT2D eigenvalue weighted by atomic mass is 10.0. The molecule has 0 aliphatic carbocycles. The maximum Gasteiger partial charge on any atom is 0.278 e. The van der Waals surface area contributed by atoms with Gasteiger partial charge in [-0.1, -0.05) is 6.07 Å². The Kier molecular flexibility index (Phi) is 6.92. The zero-order chi connectivity index (χ0) is 20.9. The lowest BCUT2D eigenvalue weighted by Crippen LogP contribution is -3.14. The van der Waals surface area contributed by atoms with Gasteiger partial charge in [0.15, 0.2) is 6.54 Å². The van der Waals surface area contributed by atoms with Gasteiger partial charge in [0.1, 0.15) is 24.1 Å². The van der Waals surface area contributed by atoms with Gasteiger partial charge in [-0.15, -0.1) is 11.3 Å². The van der Waals surface area contributed by atoms with E-state index in [2.05, 4.69) is 28.5 Å². The number of nitrogens with zero attached hydrogens (tertiary/aromatic N) is 1. The second-order valence-electron chi connectivity index (χ2n) is 8.27. The summed E-state index contributed by atoms with van der Waals surface area (Å²) >= 11 is 1.82. The van der Waals surface area contributed by atoms with Gasteiger partial charge in [-0.25, -0.2) is 0 Å². The summed E-state index contributed by atoms with van der Waals surface area (Å²) in [6, 6.07) is 10.6. The SMILES string of the molecule is COc1ccc(OC)c([C@H]2CCC[NH+]2CC(=O)N2CC[NH+](Cc3cccs3)CC2)c1. The van der Waals surface area contributed by atoms with Gasteiger partial charge in [-0.2, -0.15) is 0 Å². The number of hydrogen-bond acceptors (Lipinski definition) is 4. The van der Waals surface area contributed by atoms with Crippen LogP contribution in [0.25, 0.3) is 0 Å². The number of hydrogen-bond donors (Lipinski definition) is 2. The standard InChI is InChI=1S/C23H31N3O3S/c1-28-18-7-8-22(29-2)20(15-18)21-6-3-9-26(21)17-23(27)25-12-10-24(11-13-25)16-19-5-4-14-30-19/h4-5,7-8,14-15,21H,3,6,9-13,16-17H2,1-2H3/p+2/t21-/m1/s1. The van der Waals surface area contributed by atoms with Crippen molar-refractivity contribution in [1.82, 2.24) is 4.90 Å². The van der Waals surface area contributed by atoms with E-state index >= 15 is 0 Å². The molecule has 2 aromatic rings. The van der Waals surface area contributed by atoms with Crippen LogP contribution in [0.4, 0.5) is 0 Å². The number of piperazine rings is 1. The van der Waals surface area contributed by atoms with Gasteiger partial charge >= 0.3 is 0 Å². The highest BCUT2D eigenvalue weighted by molar-refractivity contribution is 7.09.